The van der Waals surface area contributed by atoms with Gasteiger partial charge in [-0.3, -0.25) is 10.1 Å². The van der Waals surface area contributed by atoms with E-state index in [2.05, 4.69) is 10.4 Å². The first-order chi connectivity index (χ1) is 7.79. The minimum Gasteiger partial charge on any atom is -0.481 e. The third-order valence-corrected chi connectivity index (χ3v) is 2.81. The number of primary amides is 1. The van der Waals surface area contributed by atoms with Crippen LogP contribution in [0.5, 0.6) is 5.88 Å². The number of amides is 1. The molecule has 0 aliphatic heterocycles. The second-order valence-electron chi connectivity index (χ2n) is 4.54. The number of nitrogens with two attached hydrogens (primary N) is 1. The van der Waals surface area contributed by atoms with E-state index in [1.54, 1.807) is 25.6 Å². The summed E-state index contributed by atoms with van der Waals surface area (Å²) in [5.41, 5.74) is 6.34. The van der Waals surface area contributed by atoms with Gasteiger partial charge in [-0.05, 0) is 20.8 Å². The number of methoxy groups -OCH3 is 1. The van der Waals surface area contributed by atoms with Gasteiger partial charge in [-0.25, -0.2) is 4.68 Å². The summed E-state index contributed by atoms with van der Waals surface area (Å²) in [6, 6.07) is 0. The minimum absolute atomic E-state index is 0.391. The molecule has 0 radical (unpaired) electrons. The van der Waals surface area contributed by atoms with Crippen LogP contribution in [0.25, 0.3) is 0 Å². The van der Waals surface area contributed by atoms with E-state index in [4.69, 9.17) is 10.5 Å². The van der Waals surface area contributed by atoms with Gasteiger partial charge < -0.3 is 10.5 Å². The quantitative estimate of drug-likeness (QED) is 0.764. The van der Waals surface area contributed by atoms with E-state index in [0.717, 1.165) is 11.3 Å². The zero-order chi connectivity index (χ0) is 13.2. The lowest BCUT2D eigenvalue weighted by molar-refractivity contribution is -0.123. The summed E-state index contributed by atoms with van der Waals surface area (Å²) in [6.07, 6.45) is 0. The first kappa shape index (κ1) is 13.5. The van der Waals surface area contributed by atoms with Gasteiger partial charge in [0, 0.05) is 13.6 Å². The highest BCUT2D eigenvalue weighted by molar-refractivity contribution is 5.83. The van der Waals surface area contributed by atoms with Crippen LogP contribution in [0.3, 0.4) is 0 Å². The smallest absolute Gasteiger partial charge is 0.237 e. The Morgan fingerprint density at radius 1 is 1.59 bits per heavy atom. The first-order valence-corrected chi connectivity index (χ1v) is 5.41. The van der Waals surface area contributed by atoms with E-state index in [9.17, 15) is 4.79 Å². The van der Waals surface area contributed by atoms with Crippen molar-refractivity contribution in [1.82, 2.24) is 15.1 Å². The van der Waals surface area contributed by atoms with Gasteiger partial charge in [-0.1, -0.05) is 0 Å². The Balaban J connectivity index is 2.86. The van der Waals surface area contributed by atoms with Crippen molar-refractivity contribution in [3.63, 3.8) is 0 Å². The molecule has 1 aromatic rings. The molecule has 6 heteroatoms. The zero-order valence-electron chi connectivity index (χ0n) is 11.0. The maximum absolute atomic E-state index is 11.2. The number of carbonyl (C=O) groups is 1. The molecule has 0 aliphatic rings. The first-order valence-electron chi connectivity index (χ1n) is 5.41. The van der Waals surface area contributed by atoms with Crippen LogP contribution in [0.2, 0.25) is 0 Å². The minimum atomic E-state index is -0.757. The fraction of sp³-hybridized carbons (Fsp3) is 0.636. The van der Waals surface area contributed by atoms with Gasteiger partial charge in [-0.2, -0.15) is 5.10 Å². The Morgan fingerprint density at radius 2 is 2.18 bits per heavy atom. The normalized spacial score (nSPS) is 11.6. The van der Waals surface area contributed by atoms with Crippen molar-refractivity contribution < 1.29 is 9.53 Å². The van der Waals surface area contributed by atoms with Crippen molar-refractivity contribution in [2.75, 3.05) is 7.11 Å². The van der Waals surface area contributed by atoms with Gasteiger partial charge in [-0.15, -0.1) is 0 Å². The predicted octanol–water partition coefficient (Wildman–Crippen LogP) is 0.0906. The lowest BCUT2D eigenvalue weighted by atomic mass is 10.0. The second kappa shape index (κ2) is 4.75. The van der Waals surface area contributed by atoms with Crippen molar-refractivity contribution in [3.8, 4) is 5.88 Å². The summed E-state index contributed by atoms with van der Waals surface area (Å²) in [7, 11) is 3.41. The van der Waals surface area contributed by atoms with Crippen LogP contribution in [-0.4, -0.2) is 28.3 Å². The van der Waals surface area contributed by atoms with Crippen LogP contribution in [0, 0.1) is 6.92 Å². The topological polar surface area (TPSA) is 82.2 Å². The van der Waals surface area contributed by atoms with Crippen molar-refractivity contribution in [1.29, 1.82) is 0 Å². The van der Waals surface area contributed by atoms with Crippen molar-refractivity contribution in [3.05, 3.63) is 11.3 Å². The fourth-order valence-electron chi connectivity index (χ4n) is 1.54. The number of hydrogen-bond acceptors (Lipinski definition) is 4. The number of aryl methyl sites for hydroxylation is 2. The van der Waals surface area contributed by atoms with Crippen molar-refractivity contribution >= 4 is 5.91 Å². The summed E-state index contributed by atoms with van der Waals surface area (Å²) in [5, 5.41) is 7.36. The van der Waals surface area contributed by atoms with Gasteiger partial charge in [0.15, 0.2) is 0 Å². The van der Waals surface area contributed by atoms with Crippen LogP contribution < -0.4 is 15.8 Å². The summed E-state index contributed by atoms with van der Waals surface area (Å²) in [4.78, 5) is 11.2. The highest BCUT2D eigenvalue weighted by atomic mass is 16.5. The van der Waals surface area contributed by atoms with Crippen LogP contribution >= 0.6 is 0 Å². The Morgan fingerprint density at radius 3 is 2.65 bits per heavy atom. The summed E-state index contributed by atoms with van der Waals surface area (Å²) in [5.74, 6) is 0.299. The van der Waals surface area contributed by atoms with Crippen molar-refractivity contribution in [2.45, 2.75) is 32.9 Å². The van der Waals surface area contributed by atoms with E-state index < -0.39 is 11.4 Å². The molecular weight excluding hydrogens is 220 g/mol. The van der Waals surface area contributed by atoms with E-state index in [-0.39, 0.29) is 0 Å². The number of nitrogens with zero attached hydrogens (tertiary/aromatic N) is 2. The molecule has 3 N–H and O–H groups in total. The average Bonchev–Trinajstić information content (AvgIpc) is 2.49. The van der Waals surface area contributed by atoms with Crippen LogP contribution in [0.15, 0.2) is 0 Å². The Hall–Kier alpha value is -1.56. The number of ether oxygens (including phenoxy) is 1. The Bertz CT molecular complexity index is 423. The summed E-state index contributed by atoms with van der Waals surface area (Å²) >= 11 is 0. The molecule has 17 heavy (non-hydrogen) atoms. The van der Waals surface area contributed by atoms with Crippen molar-refractivity contribution in [2.24, 2.45) is 12.8 Å². The van der Waals surface area contributed by atoms with Gasteiger partial charge >= 0.3 is 0 Å². The molecule has 0 unspecified atom stereocenters. The van der Waals surface area contributed by atoms with Gasteiger partial charge in [0.25, 0.3) is 0 Å². The van der Waals surface area contributed by atoms with Gasteiger partial charge in [0.05, 0.1) is 23.9 Å². The molecule has 0 saturated heterocycles. The summed E-state index contributed by atoms with van der Waals surface area (Å²) in [6.45, 7) is 5.87. The third kappa shape index (κ3) is 2.76. The highest BCUT2D eigenvalue weighted by Gasteiger charge is 2.25. The van der Waals surface area contributed by atoms with E-state index >= 15 is 0 Å². The molecule has 0 spiro atoms. The number of rotatable bonds is 5. The van der Waals surface area contributed by atoms with Crippen LogP contribution in [0.1, 0.15) is 25.1 Å². The molecule has 0 aromatic carbocycles. The number of nitrogens with one attached hydrogen (secondary N) is 1. The molecule has 1 rings (SSSR count). The predicted molar refractivity (Wildman–Crippen MR) is 64.6 cm³/mol. The lowest BCUT2D eigenvalue weighted by Gasteiger charge is -2.22. The molecule has 1 amide bonds. The fourth-order valence-corrected chi connectivity index (χ4v) is 1.54. The molecule has 96 valence electrons. The molecule has 0 bridgehead atoms. The van der Waals surface area contributed by atoms with Gasteiger partial charge in [0.2, 0.25) is 11.8 Å². The zero-order valence-corrected chi connectivity index (χ0v) is 11.0. The third-order valence-electron chi connectivity index (χ3n) is 2.81. The standard InChI is InChI=1S/C11H20N4O2/c1-7-8(9(17-5)15(4)14-7)6-13-11(2,3)10(12)16/h13H,6H2,1-5H3,(H2,12,16). The van der Waals surface area contributed by atoms with Crippen LogP contribution in [-0.2, 0) is 18.4 Å². The molecule has 0 fully saturated rings. The SMILES string of the molecule is COc1c(CNC(C)(C)C(N)=O)c(C)nn1C. The van der Waals surface area contributed by atoms with E-state index in [1.807, 2.05) is 14.0 Å². The number of hydrogen-bond donors (Lipinski definition) is 2. The maximum Gasteiger partial charge on any atom is 0.237 e. The molecule has 1 heterocycles. The second-order valence-corrected chi connectivity index (χ2v) is 4.54. The van der Waals surface area contributed by atoms with Gasteiger partial charge in [0.1, 0.15) is 0 Å². The monoisotopic (exact) mass is 240 g/mol. The molecule has 0 atom stereocenters. The van der Waals surface area contributed by atoms with E-state index in [0.29, 0.717) is 12.4 Å². The number of carbonyl (C=O) groups excluding carboxylic acids is 1. The Labute approximate surface area is 101 Å². The highest BCUT2D eigenvalue weighted by Crippen LogP contribution is 2.21. The largest absolute Gasteiger partial charge is 0.481 e. The lowest BCUT2D eigenvalue weighted by Crippen LogP contribution is -2.50. The molecule has 1 aromatic heterocycles. The Kier molecular flexibility index (Phi) is 3.77. The van der Waals surface area contributed by atoms with Crippen LogP contribution in [0.4, 0.5) is 0 Å². The molecule has 0 aliphatic carbocycles. The van der Waals surface area contributed by atoms with E-state index in [1.165, 1.54) is 0 Å². The average molecular weight is 240 g/mol. The summed E-state index contributed by atoms with van der Waals surface area (Å²) < 4.78 is 6.94. The molecule has 0 saturated carbocycles. The number of aromatic nitrogens is 2. The molecule has 6 nitrogen and oxygen atoms in total. The maximum atomic E-state index is 11.2. The molecular formula is C11H20N4O2.